The first-order valence-corrected chi connectivity index (χ1v) is 11.0. The number of hydrogen-bond acceptors (Lipinski definition) is 5. The first kappa shape index (κ1) is 19.4. The maximum Gasteiger partial charge on any atom is 0.234 e. The van der Waals surface area contributed by atoms with E-state index in [4.69, 9.17) is 0 Å². The van der Waals surface area contributed by atoms with E-state index in [1.807, 2.05) is 84.5 Å². The van der Waals surface area contributed by atoms with Crippen LogP contribution < -0.4 is 5.32 Å². The third-order valence-corrected chi connectivity index (χ3v) is 6.40. The highest BCUT2D eigenvalue weighted by Gasteiger charge is 2.18. The van der Waals surface area contributed by atoms with Gasteiger partial charge in [0, 0.05) is 11.4 Å². The Bertz CT molecular complexity index is 1120. The van der Waals surface area contributed by atoms with Gasteiger partial charge >= 0.3 is 0 Å². The molecule has 2 aromatic heterocycles. The summed E-state index contributed by atoms with van der Waals surface area (Å²) in [5, 5.41) is 14.5. The van der Waals surface area contributed by atoms with Crippen LogP contribution in [0.3, 0.4) is 0 Å². The van der Waals surface area contributed by atoms with Crippen molar-refractivity contribution in [3.05, 3.63) is 77.2 Å². The van der Waals surface area contributed by atoms with Crippen molar-refractivity contribution in [1.29, 1.82) is 0 Å². The van der Waals surface area contributed by atoms with Crippen LogP contribution in [0.4, 0.5) is 5.69 Å². The highest BCUT2D eigenvalue weighted by Crippen LogP contribution is 2.30. The van der Waals surface area contributed by atoms with E-state index in [2.05, 4.69) is 15.5 Å². The van der Waals surface area contributed by atoms with Crippen molar-refractivity contribution in [2.24, 2.45) is 0 Å². The molecule has 0 aliphatic rings. The van der Waals surface area contributed by atoms with Crippen LogP contribution in [0.25, 0.3) is 16.4 Å². The largest absolute Gasteiger partial charge is 0.325 e. The van der Waals surface area contributed by atoms with Crippen LogP contribution in [0.2, 0.25) is 0 Å². The zero-order valence-electron chi connectivity index (χ0n) is 16.1. The molecular formula is C22H20N4OS2. The van der Waals surface area contributed by atoms with Crippen LogP contribution in [0.1, 0.15) is 11.1 Å². The standard InChI is InChI=1S/C22H20N4OS2/c1-15-8-6-11-18(16(15)2)23-20(27)14-29-22-25-24-21(19-12-7-13-28-19)26(22)17-9-4-3-5-10-17/h3-13H,14H2,1-2H3,(H,23,27). The smallest absolute Gasteiger partial charge is 0.234 e. The summed E-state index contributed by atoms with van der Waals surface area (Å²) >= 11 is 2.99. The molecule has 0 radical (unpaired) electrons. The van der Waals surface area contributed by atoms with Gasteiger partial charge in [-0.15, -0.1) is 21.5 Å². The predicted octanol–water partition coefficient (Wildman–Crippen LogP) is 5.34. The summed E-state index contributed by atoms with van der Waals surface area (Å²) in [6, 6.07) is 19.9. The molecule has 5 nitrogen and oxygen atoms in total. The number of nitrogens with one attached hydrogen (secondary N) is 1. The minimum atomic E-state index is -0.0658. The normalized spacial score (nSPS) is 10.8. The molecule has 0 fully saturated rings. The lowest BCUT2D eigenvalue weighted by molar-refractivity contribution is -0.113. The van der Waals surface area contributed by atoms with Gasteiger partial charge in [-0.1, -0.05) is 48.2 Å². The number of carbonyl (C=O) groups is 1. The van der Waals surface area contributed by atoms with Crippen LogP contribution in [0.15, 0.2) is 71.2 Å². The molecule has 0 unspecified atom stereocenters. The molecule has 0 saturated carbocycles. The Morgan fingerprint density at radius 3 is 2.62 bits per heavy atom. The highest BCUT2D eigenvalue weighted by molar-refractivity contribution is 7.99. The van der Waals surface area contributed by atoms with Gasteiger partial charge in [0.2, 0.25) is 5.91 Å². The Morgan fingerprint density at radius 2 is 1.86 bits per heavy atom. The summed E-state index contributed by atoms with van der Waals surface area (Å²) in [5.74, 6) is 0.968. The summed E-state index contributed by atoms with van der Waals surface area (Å²) in [5.41, 5.74) is 4.05. The Kier molecular flexibility index (Phi) is 5.78. The van der Waals surface area contributed by atoms with E-state index in [1.54, 1.807) is 11.3 Å². The average molecular weight is 421 g/mol. The molecule has 0 atom stereocenters. The van der Waals surface area contributed by atoms with Gasteiger partial charge < -0.3 is 5.32 Å². The van der Waals surface area contributed by atoms with E-state index in [-0.39, 0.29) is 11.7 Å². The molecule has 2 aromatic carbocycles. The number of aromatic nitrogens is 3. The average Bonchev–Trinajstić information content (AvgIpc) is 3.40. The molecule has 7 heteroatoms. The van der Waals surface area contributed by atoms with Crippen LogP contribution in [0.5, 0.6) is 0 Å². The quantitative estimate of drug-likeness (QED) is 0.428. The van der Waals surface area contributed by atoms with E-state index < -0.39 is 0 Å². The highest BCUT2D eigenvalue weighted by atomic mass is 32.2. The van der Waals surface area contributed by atoms with Crippen molar-refractivity contribution < 1.29 is 4.79 Å². The van der Waals surface area contributed by atoms with E-state index in [9.17, 15) is 4.79 Å². The molecule has 0 saturated heterocycles. The summed E-state index contributed by atoms with van der Waals surface area (Å²) in [6.07, 6.45) is 0. The number of carbonyl (C=O) groups excluding carboxylic acids is 1. The lowest BCUT2D eigenvalue weighted by Gasteiger charge is -2.11. The first-order chi connectivity index (χ1) is 14.1. The number of rotatable bonds is 6. The van der Waals surface area contributed by atoms with Gasteiger partial charge in [-0.2, -0.15) is 0 Å². The maximum atomic E-state index is 12.5. The first-order valence-electron chi connectivity index (χ1n) is 9.17. The number of hydrogen-bond donors (Lipinski definition) is 1. The second-order valence-electron chi connectivity index (χ2n) is 6.54. The van der Waals surface area contributed by atoms with Crippen molar-refractivity contribution in [1.82, 2.24) is 14.8 Å². The molecule has 0 bridgehead atoms. The van der Waals surface area contributed by atoms with Crippen LogP contribution in [-0.2, 0) is 4.79 Å². The number of benzene rings is 2. The minimum Gasteiger partial charge on any atom is -0.325 e. The molecule has 1 N–H and O–H groups in total. The van der Waals surface area contributed by atoms with Crippen LogP contribution in [0, 0.1) is 13.8 Å². The number of thioether (sulfide) groups is 1. The molecule has 2 heterocycles. The number of nitrogens with zero attached hydrogens (tertiary/aromatic N) is 3. The molecular weight excluding hydrogens is 400 g/mol. The number of aryl methyl sites for hydroxylation is 1. The van der Waals surface area contributed by atoms with E-state index in [0.29, 0.717) is 5.16 Å². The molecule has 0 aliphatic heterocycles. The molecule has 4 aromatic rings. The predicted molar refractivity (Wildman–Crippen MR) is 120 cm³/mol. The van der Waals surface area contributed by atoms with Crippen molar-refractivity contribution in [2.75, 3.05) is 11.1 Å². The van der Waals surface area contributed by atoms with Crippen LogP contribution >= 0.6 is 23.1 Å². The Balaban J connectivity index is 1.56. The van der Waals surface area contributed by atoms with E-state index in [0.717, 1.165) is 33.2 Å². The summed E-state index contributed by atoms with van der Waals surface area (Å²) in [6.45, 7) is 4.05. The summed E-state index contributed by atoms with van der Waals surface area (Å²) < 4.78 is 2.00. The van der Waals surface area contributed by atoms with Gasteiger partial charge in [0.1, 0.15) is 0 Å². The maximum absolute atomic E-state index is 12.5. The van der Waals surface area contributed by atoms with Crippen LogP contribution in [-0.4, -0.2) is 26.4 Å². The third-order valence-electron chi connectivity index (χ3n) is 4.60. The number of anilines is 1. The number of para-hydroxylation sites is 1. The SMILES string of the molecule is Cc1cccc(NC(=O)CSc2nnc(-c3cccs3)n2-c2ccccc2)c1C. The van der Waals surface area contributed by atoms with Crippen molar-refractivity contribution in [3.63, 3.8) is 0 Å². The molecule has 4 rings (SSSR count). The zero-order valence-corrected chi connectivity index (χ0v) is 17.8. The molecule has 29 heavy (non-hydrogen) atoms. The number of thiophene rings is 1. The molecule has 1 amide bonds. The van der Waals surface area contributed by atoms with E-state index in [1.165, 1.54) is 11.8 Å². The monoisotopic (exact) mass is 420 g/mol. The Hall–Kier alpha value is -2.90. The van der Waals surface area contributed by atoms with Gasteiger partial charge in [0.15, 0.2) is 11.0 Å². The Morgan fingerprint density at radius 1 is 1.03 bits per heavy atom. The fourth-order valence-electron chi connectivity index (χ4n) is 2.94. The van der Waals surface area contributed by atoms with Crippen molar-refractivity contribution >= 4 is 34.7 Å². The lowest BCUT2D eigenvalue weighted by Crippen LogP contribution is -2.15. The van der Waals surface area contributed by atoms with Gasteiger partial charge in [-0.25, -0.2) is 0 Å². The Labute approximate surface area is 177 Å². The zero-order chi connectivity index (χ0) is 20.2. The number of amides is 1. The second-order valence-corrected chi connectivity index (χ2v) is 8.43. The minimum absolute atomic E-state index is 0.0658. The van der Waals surface area contributed by atoms with Gasteiger partial charge in [0.25, 0.3) is 0 Å². The third kappa shape index (κ3) is 4.26. The van der Waals surface area contributed by atoms with Crippen molar-refractivity contribution in [3.8, 4) is 16.4 Å². The summed E-state index contributed by atoms with van der Waals surface area (Å²) in [4.78, 5) is 13.6. The topological polar surface area (TPSA) is 59.8 Å². The van der Waals surface area contributed by atoms with Crippen molar-refractivity contribution in [2.45, 2.75) is 19.0 Å². The van der Waals surface area contributed by atoms with E-state index >= 15 is 0 Å². The fourth-order valence-corrected chi connectivity index (χ4v) is 4.39. The molecule has 0 spiro atoms. The second kappa shape index (κ2) is 8.63. The lowest BCUT2D eigenvalue weighted by atomic mass is 10.1. The molecule has 146 valence electrons. The van der Waals surface area contributed by atoms with Gasteiger partial charge in [0.05, 0.1) is 10.6 Å². The fraction of sp³-hybridized carbons (Fsp3) is 0.136. The summed E-state index contributed by atoms with van der Waals surface area (Å²) in [7, 11) is 0. The molecule has 0 aliphatic carbocycles. The van der Waals surface area contributed by atoms with Gasteiger partial charge in [-0.05, 0) is 54.6 Å². The van der Waals surface area contributed by atoms with Gasteiger partial charge in [-0.3, -0.25) is 9.36 Å².